The molecule has 0 radical (unpaired) electrons. The smallest absolute Gasteiger partial charge is 0.492 e. The van der Waals surface area contributed by atoms with E-state index in [9.17, 15) is 31.5 Å². The Balaban J connectivity index is 1.52. The molecule has 3 aromatic rings. The number of benzene rings is 3. The lowest BCUT2D eigenvalue weighted by atomic mass is 10.1. The first-order chi connectivity index (χ1) is 17.9. The highest BCUT2D eigenvalue weighted by Gasteiger charge is 2.31. The number of carbonyl (C=O) groups excluding carboxylic acids is 1. The highest BCUT2D eigenvalue weighted by molar-refractivity contribution is 7.92. The quantitative estimate of drug-likeness (QED) is 0.359. The Kier molecular flexibility index (Phi) is 7.55. The number of anilines is 2. The van der Waals surface area contributed by atoms with Crippen LogP contribution < -0.4 is 29.0 Å². The van der Waals surface area contributed by atoms with Crippen molar-refractivity contribution in [2.24, 2.45) is 0 Å². The molecule has 0 spiro atoms. The van der Waals surface area contributed by atoms with Crippen LogP contribution in [-0.2, 0) is 14.8 Å². The second-order valence-electron chi connectivity index (χ2n) is 7.78. The van der Waals surface area contributed by atoms with Crippen molar-refractivity contribution < 1.29 is 50.4 Å². The number of nitrogens with one attached hydrogen (secondary N) is 2. The van der Waals surface area contributed by atoms with Crippen molar-refractivity contribution in [1.29, 1.82) is 0 Å². The normalized spacial score (nSPS) is 13.5. The number of hydrogen-bond donors (Lipinski definition) is 3. The van der Waals surface area contributed by atoms with E-state index in [0.717, 1.165) is 18.2 Å². The predicted molar refractivity (Wildman–Crippen MR) is 128 cm³/mol. The van der Waals surface area contributed by atoms with E-state index in [-0.39, 0.29) is 41.0 Å². The molecule has 1 aliphatic rings. The summed E-state index contributed by atoms with van der Waals surface area (Å²) in [6, 6.07) is 12.5. The van der Waals surface area contributed by atoms with Gasteiger partial charge in [0.1, 0.15) is 16.4 Å². The Hall–Kier alpha value is -4.17. The SMILES string of the molecule is CCOc1cc(NC(=O)C(O)c2ccc3c(c2)OCO3)ccc1S(=O)(=O)Nc1cccc(OC(F)(F)F)c1. The van der Waals surface area contributed by atoms with Gasteiger partial charge < -0.3 is 29.4 Å². The number of halogens is 3. The number of rotatable bonds is 9. The number of amides is 1. The highest BCUT2D eigenvalue weighted by atomic mass is 32.2. The van der Waals surface area contributed by atoms with E-state index >= 15 is 0 Å². The lowest BCUT2D eigenvalue weighted by molar-refractivity contribution is -0.274. The molecule has 3 N–H and O–H groups in total. The Labute approximate surface area is 214 Å². The third kappa shape index (κ3) is 6.39. The van der Waals surface area contributed by atoms with Crippen LogP contribution >= 0.6 is 0 Å². The summed E-state index contributed by atoms with van der Waals surface area (Å²) < 4.78 is 85.4. The number of alkyl halides is 3. The zero-order chi connectivity index (χ0) is 27.5. The predicted octanol–water partition coefficient (Wildman–Crippen LogP) is 4.19. The Morgan fingerprint density at radius 2 is 1.82 bits per heavy atom. The van der Waals surface area contributed by atoms with Crippen LogP contribution in [0.5, 0.6) is 23.0 Å². The van der Waals surface area contributed by atoms with Gasteiger partial charge in [-0.1, -0.05) is 12.1 Å². The van der Waals surface area contributed by atoms with Gasteiger partial charge in [-0.25, -0.2) is 8.42 Å². The van der Waals surface area contributed by atoms with Crippen LogP contribution in [0.4, 0.5) is 24.5 Å². The van der Waals surface area contributed by atoms with E-state index in [2.05, 4.69) is 14.8 Å². The summed E-state index contributed by atoms with van der Waals surface area (Å²) in [7, 11) is -4.34. The number of aliphatic hydroxyl groups excluding tert-OH is 1. The highest BCUT2D eigenvalue weighted by Crippen LogP contribution is 2.35. The van der Waals surface area contributed by atoms with Gasteiger partial charge in [0.2, 0.25) is 6.79 Å². The molecule has 14 heteroatoms. The molecule has 1 unspecified atom stereocenters. The summed E-state index contributed by atoms with van der Waals surface area (Å²) in [5.41, 5.74) is 0.188. The van der Waals surface area contributed by atoms with Gasteiger partial charge in [0.25, 0.3) is 15.9 Å². The van der Waals surface area contributed by atoms with E-state index in [1.165, 1.54) is 36.4 Å². The molecule has 0 saturated carbocycles. The van der Waals surface area contributed by atoms with Crippen LogP contribution in [0.3, 0.4) is 0 Å². The van der Waals surface area contributed by atoms with Crippen molar-refractivity contribution >= 4 is 27.3 Å². The molecule has 1 atom stereocenters. The van der Waals surface area contributed by atoms with E-state index < -0.39 is 34.1 Å². The molecule has 4 rings (SSSR count). The van der Waals surface area contributed by atoms with Gasteiger partial charge in [-0.05, 0) is 48.9 Å². The minimum atomic E-state index is -4.95. The maximum absolute atomic E-state index is 13.0. The van der Waals surface area contributed by atoms with Crippen molar-refractivity contribution in [1.82, 2.24) is 0 Å². The molecule has 0 saturated heterocycles. The lowest BCUT2D eigenvalue weighted by Crippen LogP contribution is -2.21. The van der Waals surface area contributed by atoms with E-state index in [1.54, 1.807) is 13.0 Å². The first-order valence-electron chi connectivity index (χ1n) is 11.0. The summed E-state index contributed by atoms with van der Waals surface area (Å²) in [4.78, 5) is 12.3. The maximum atomic E-state index is 13.0. The van der Waals surface area contributed by atoms with Gasteiger partial charge in [0.05, 0.1) is 12.3 Å². The zero-order valence-corrected chi connectivity index (χ0v) is 20.4. The topological polar surface area (TPSA) is 132 Å². The first-order valence-corrected chi connectivity index (χ1v) is 12.5. The van der Waals surface area contributed by atoms with Crippen molar-refractivity contribution in [3.63, 3.8) is 0 Å². The number of fused-ring (bicyclic) bond motifs is 1. The minimum Gasteiger partial charge on any atom is -0.492 e. The number of aliphatic hydroxyl groups is 1. The van der Waals surface area contributed by atoms with Crippen molar-refractivity contribution in [2.45, 2.75) is 24.3 Å². The molecule has 202 valence electrons. The van der Waals surface area contributed by atoms with E-state index in [4.69, 9.17) is 14.2 Å². The van der Waals surface area contributed by atoms with Gasteiger partial charge >= 0.3 is 6.36 Å². The molecule has 0 bridgehead atoms. The standard InChI is InChI=1S/C24H21F3N2O8S/c1-2-34-20-12-15(28-23(31)22(30)14-6-8-18-19(10-14)36-13-35-18)7-9-21(20)38(32,33)29-16-4-3-5-17(11-16)37-24(25,26)27/h3-12,22,29-30H,2,13H2,1H3,(H,28,31). The molecule has 0 aromatic heterocycles. The number of ether oxygens (including phenoxy) is 4. The Bertz CT molecular complexity index is 1450. The fourth-order valence-corrected chi connectivity index (χ4v) is 4.67. The molecular formula is C24H21F3N2O8S. The second-order valence-corrected chi connectivity index (χ2v) is 9.43. The second kappa shape index (κ2) is 10.7. The molecule has 0 fully saturated rings. The minimum absolute atomic E-state index is 0.0260. The van der Waals surface area contributed by atoms with Crippen LogP contribution in [0.2, 0.25) is 0 Å². The molecule has 38 heavy (non-hydrogen) atoms. The van der Waals surface area contributed by atoms with Crippen LogP contribution in [0.25, 0.3) is 0 Å². The van der Waals surface area contributed by atoms with Crippen molar-refractivity contribution in [3.8, 4) is 23.0 Å². The Morgan fingerprint density at radius 3 is 2.55 bits per heavy atom. The average Bonchev–Trinajstić information content (AvgIpc) is 3.30. The van der Waals surface area contributed by atoms with Crippen LogP contribution in [0.1, 0.15) is 18.6 Å². The van der Waals surface area contributed by atoms with Gasteiger partial charge in [-0.15, -0.1) is 13.2 Å². The monoisotopic (exact) mass is 554 g/mol. The van der Waals surface area contributed by atoms with Crippen LogP contribution in [0, 0.1) is 0 Å². The molecule has 0 aliphatic carbocycles. The molecule has 3 aromatic carbocycles. The Morgan fingerprint density at radius 1 is 1.05 bits per heavy atom. The van der Waals surface area contributed by atoms with Crippen LogP contribution in [0.15, 0.2) is 65.6 Å². The summed E-state index contributed by atoms with van der Waals surface area (Å²) in [6.45, 7) is 1.70. The van der Waals surface area contributed by atoms with Gasteiger partial charge in [0, 0.05) is 17.8 Å². The fourth-order valence-electron chi connectivity index (χ4n) is 3.49. The van der Waals surface area contributed by atoms with Gasteiger partial charge in [-0.3, -0.25) is 9.52 Å². The largest absolute Gasteiger partial charge is 0.573 e. The number of sulfonamides is 1. The third-order valence-corrected chi connectivity index (χ3v) is 6.50. The van der Waals surface area contributed by atoms with Gasteiger partial charge in [0.15, 0.2) is 17.6 Å². The summed E-state index contributed by atoms with van der Waals surface area (Å²) in [5, 5.41) is 13.0. The van der Waals surface area contributed by atoms with Gasteiger partial charge in [-0.2, -0.15) is 0 Å². The summed E-state index contributed by atoms with van der Waals surface area (Å²) in [5.74, 6) is -0.695. The van der Waals surface area contributed by atoms with E-state index in [1.807, 2.05) is 0 Å². The fraction of sp³-hybridized carbons (Fsp3) is 0.208. The maximum Gasteiger partial charge on any atom is 0.573 e. The molecule has 10 nitrogen and oxygen atoms in total. The molecular weight excluding hydrogens is 533 g/mol. The zero-order valence-electron chi connectivity index (χ0n) is 19.6. The molecule has 1 heterocycles. The number of carbonyl (C=O) groups is 1. The molecule has 1 amide bonds. The van der Waals surface area contributed by atoms with Crippen molar-refractivity contribution in [3.05, 3.63) is 66.2 Å². The first kappa shape index (κ1) is 26.9. The van der Waals surface area contributed by atoms with Crippen molar-refractivity contribution in [2.75, 3.05) is 23.4 Å². The third-order valence-electron chi connectivity index (χ3n) is 5.08. The lowest BCUT2D eigenvalue weighted by Gasteiger charge is -2.16. The summed E-state index contributed by atoms with van der Waals surface area (Å²) in [6.07, 6.45) is -6.52. The van der Waals surface area contributed by atoms with Crippen LogP contribution in [-0.4, -0.2) is 39.2 Å². The summed E-state index contributed by atoms with van der Waals surface area (Å²) >= 11 is 0. The molecule has 1 aliphatic heterocycles. The van der Waals surface area contributed by atoms with E-state index in [0.29, 0.717) is 11.5 Å². The number of hydrogen-bond acceptors (Lipinski definition) is 8. The average molecular weight is 554 g/mol.